The summed E-state index contributed by atoms with van der Waals surface area (Å²) in [4.78, 5) is 23.0. The van der Waals surface area contributed by atoms with E-state index in [0.29, 0.717) is 5.95 Å². The Morgan fingerprint density at radius 3 is 2.68 bits per heavy atom. The molecular formula is C25H31N7O2. The van der Waals surface area contributed by atoms with Gasteiger partial charge in [0.2, 0.25) is 11.9 Å². The molecule has 5 rings (SSSR count). The average molecular weight is 462 g/mol. The van der Waals surface area contributed by atoms with Gasteiger partial charge in [0, 0.05) is 50.1 Å². The van der Waals surface area contributed by atoms with Crippen molar-refractivity contribution in [2.75, 3.05) is 57.1 Å². The van der Waals surface area contributed by atoms with Gasteiger partial charge in [-0.05, 0) is 43.1 Å². The largest absolute Gasteiger partial charge is 0.497 e. The Morgan fingerprint density at radius 1 is 1.06 bits per heavy atom. The standard InChI is InChI=1S/C25H31N7O2/c1-33-21-6-4-18(5-7-21)22-15-28-24(26)30-23(22)19-3-2-10-31(16-19)17-20-8-9-27-25(29-20)32-11-13-34-14-12-32/h4-9,15,19H,2-3,10-14,16-17H2,1H3,(H2,26,28,30)/t19-/m1/s1. The first kappa shape index (κ1) is 22.5. The molecule has 0 spiro atoms. The van der Waals surface area contributed by atoms with E-state index in [1.54, 1.807) is 7.11 Å². The number of piperidine rings is 1. The minimum atomic E-state index is 0.275. The van der Waals surface area contributed by atoms with Crippen LogP contribution in [0.25, 0.3) is 11.1 Å². The van der Waals surface area contributed by atoms with E-state index in [2.05, 4.69) is 19.8 Å². The molecule has 4 heterocycles. The maximum absolute atomic E-state index is 6.02. The Kier molecular flexibility index (Phi) is 6.82. The number of rotatable bonds is 6. The second-order valence-corrected chi connectivity index (χ2v) is 8.78. The van der Waals surface area contributed by atoms with E-state index in [9.17, 15) is 0 Å². The van der Waals surface area contributed by atoms with Crippen molar-refractivity contribution >= 4 is 11.9 Å². The Labute approximate surface area is 200 Å². The summed E-state index contributed by atoms with van der Waals surface area (Å²) in [6.07, 6.45) is 5.87. The van der Waals surface area contributed by atoms with Crippen molar-refractivity contribution < 1.29 is 9.47 Å². The van der Waals surface area contributed by atoms with Gasteiger partial charge in [0.05, 0.1) is 31.7 Å². The predicted octanol–water partition coefficient (Wildman–Crippen LogP) is 2.74. The van der Waals surface area contributed by atoms with Gasteiger partial charge in [-0.3, -0.25) is 4.90 Å². The first-order valence-electron chi connectivity index (χ1n) is 11.8. The highest BCUT2D eigenvalue weighted by Crippen LogP contribution is 2.34. The molecule has 9 nitrogen and oxygen atoms in total. The number of hydrogen-bond acceptors (Lipinski definition) is 9. The number of ether oxygens (including phenoxy) is 2. The minimum Gasteiger partial charge on any atom is -0.497 e. The van der Waals surface area contributed by atoms with Crippen LogP contribution >= 0.6 is 0 Å². The van der Waals surface area contributed by atoms with E-state index in [4.69, 9.17) is 25.2 Å². The van der Waals surface area contributed by atoms with Crippen molar-refractivity contribution in [2.45, 2.75) is 25.3 Å². The third kappa shape index (κ3) is 5.10. The van der Waals surface area contributed by atoms with Crippen LogP contribution in [0.2, 0.25) is 0 Å². The van der Waals surface area contributed by atoms with Crippen molar-refractivity contribution in [3.63, 3.8) is 0 Å². The maximum atomic E-state index is 6.02. The summed E-state index contributed by atoms with van der Waals surface area (Å²) in [6, 6.07) is 10.0. The molecule has 0 bridgehead atoms. The summed E-state index contributed by atoms with van der Waals surface area (Å²) >= 11 is 0. The van der Waals surface area contributed by atoms with Crippen LogP contribution in [0, 0.1) is 0 Å². The Hall–Kier alpha value is -3.30. The lowest BCUT2D eigenvalue weighted by molar-refractivity contribution is 0.122. The normalized spacial score (nSPS) is 19.2. The van der Waals surface area contributed by atoms with Crippen LogP contribution in [0.1, 0.15) is 30.1 Å². The molecule has 2 saturated heterocycles. The highest BCUT2D eigenvalue weighted by atomic mass is 16.5. The number of nitrogen functional groups attached to an aromatic ring is 1. The summed E-state index contributed by atoms with van der Waals surface area (Å²) in [5.41, 5.74) is 10.2. The highest BCUT2D eigenvalue weighted by molar-refractivity contribution is 5.67. The minimum absolute atomic E-state index is 0.275. The summed E-state index contributed by atoms with van der Waals surface area (Å²) in [5, 5.41) is 0. The Bertz CT molecular complexity index is 1100. The van der Waals surface area contributed by atoms with E-state index in [-0.39, 0.29) is 5.92 Å². The van der Waals surface area contributed by atoms with Crippen molar-refractivity contribution in [3.8, 4) is 16.9 Å². The third-order valence-electron chi connectivity index (χ3n) is 6.51. The number of anilines is 2. The predicted molar refractivity (Wildman–Crippen MR) is 131 cm³/mol. The zero-order chi connectivity index (χ0) is 23.3. The third-order valence-corrected chi connectivity index (χ3v) is 6.51. The van der Waals surface area contributed by atoms with E-state index in [0.717, 1.165) is 93.0 Å². The second-order valence-electron chi connectivity index (χ2n) is 8.78. The molecule has 3 aromatic rings. The van der Waals surface area contributed by atoms with Crippen molar-refractivity contribution in [1.29, 1.82) is 0 Å². The van der Waals surface area contributed by atoms with E-state index >= 15 is 0 Å². The number of nitrogens with two attached hydrogens (primary N) is 1. The fraction of sp³-hybridized carbons (Fsp3) is 0.440. The van der Waals surface area contributed by atoms with Crippen molar-refractivity contribution in [2.24, 2.45) is 0 Å². The van der Waals surface area contributed by atoms with Gasteiger partial charge in [-0.25, -0.2) is 19.9 Å². The molecule has 34 heavy (non-hydrogen) atoms. The zero-order valence-corrected chi connectivity index (χ0v) is 19.6. The molecule has 2 N–H and O–H groups in total. The van der Waals surface area contributed by atoms with Gasteiger partial charge < -0.3 is 20.1 Å². The fourth-order valence-electron chi connectivity index (χ4n) is 4.75. The van der Waals surface area contributed by atoms with Crippen LogP contribution in [0.15, 0.2) is 42.7 Å². The molecule has 2 fully saturated rings. The summed E-state index contributed by atoms with van der Waals surface area (Å²) < 4.78 is 10.8. The molecule has 1 aromatic carbocycles. The summed E-state index contributed by atoms with van der Waals surface area (Å²) in [7, 11) is 1.67. The van der Waals surface area contributed by atoms with E-state index < -0.39 is 0 Å². The van der Waals surface area contributed by atoms with Gasteiger partial charge in [0.25, 0.3) is 0 Å². The maximum Gasteiger partial charge on any atom is 0.225 e. The van der Waals surface area contributed by atoms with E-state index in [1.807, 2.05) is 42.7 Å². The highest BCUT2D eigenvalue weighted by Gasteiger charge is 2.26. The molecule has 0 aliphatic carbocycles. The zero-order valence-electron chi connectivity index (χ0n) is 19.6. The molecule has 2 aliphatic heterocycles. The van der Waals surface area contributed by atoms with Crippen LogP contribution < -0.4 is 15.4 Å². The Balaban J connectivity index is 1.33. The van der Waals surface area contributed by atoms with Crippen LogP contribution in [-0.4, -0.2) is 71.3 Å². The average Bonchev–Trinajstić information content (AvgIpc) is 2.89. The molecule has 9 heteroatoms. The van der Waals surface area contributed by atoms with Crippen LogP contribution in [-0.2, 0) is 11.3 Å². The molecule has 2 aliphatic rings. The molecule has 0 amide bonds. The number of likely N-dealkylation sites (tertiary alicyclic amines) is 1. The molecule has 0 saturated carbocycles. The van der Waals surface area contributed by atoms with Gasteiger partial charge in [-0.1, -0.05) is 12.1 Å². The Morgan fingerprint density at radius 2 is 1.88 bits per heavy atom. The van der Waals surface area contributed by atoms with Crippen molar-refractivity contribution in [3.05, 3.63) is 54.1 Å². The van der Waals surface area contributed by atoms with Gasteiger partial charge in [-0.15, -0.1) is 0 Å². The molecule has 178 valence electrons. The topological polar surface area (TPSA) is 103 Å². The summed E-state index contributed by atoms with van der Waals surface area (Å²) in [6.45, 7) is 5.83. The molecule has 1 atom stereocenters. The van der Waals surface area contributed by atoms with Gasteiger partial charge in [0.1, 0.15) is 5.75 Å². The fourth-order valence-corrected chi connectivity index (χ4v) is 4.75. The number of morpholine rings is 1. The first-order chi connectivity index (χ1) is 16.7. The first-order valence-corrected chi connectivity index (χ1v) is 11.8. The van der Waals surface area contributed by atoms with Gasteiger partial charge in [0.15, 0.2) is 0 Å². The van der Waals surface area contributed by atoms with Gasteiger partial charge >= 0.3 is 0 Å². The molecule has 0 unspecified atom stereocenters. The molecular weight excluding hydrogens is 430 g/mol. The summed E-state index contributed by atoms with van der Waals surface area (Å²) in [5.74, 6) is 2.21. The number of methoxy groups -OCH3 is 1. The lowest BCUT2D eigenvalue weighted by Gasteiger charge is -2.33. The van der Waals surface area contributed by atoms with E-state index in [1.165, 1.54) is 0 Å². The van der Waals surface area contributed by atoms with Crippen molar-refractivity contribution in [1.82, 2.24) is 24.8 Å². The quantitative estimate of drug-likeness (QED) is 0.593. The van der Waals surface area contributed by atoms with Crippen LogP contribution in [0.3, 0.4) is 0 Å². The van der Waals surface area contributed by atoms with Crippen LogP contribution in [0.4, 0.5) is 11.9 Å². The smallest absolute Gasteiger partial charge is 0.225 e. The SMILES string of the molecule is COc1ccc(-c2cnc(N)nc2[C@@H]2CCCN(Cc3ccnc(N4CCOCC4)n3)C2)cc1. The molecule has 0 radical (unpaired) electrons. The van der Waals surface area contributed by atoms with Crippen LogP contribution in [0.5, 0.6) is 5.75 Å². The number of hydrogen-bond donors (Lipinski definition) is 1. The lowest BCUT2D eigenvalue weighted by Crippen LogP contribution is -2.38. The lowest BCUT2D eigenvalue weighted by atomic mass is 9.90. The number of aromatic nitrogens is 4. The molecule has 2 aromatic heterocycles. The monoisotopic (exact) mass is 461 g/mol. The number of benzene rings is 1. The second kappa shape index (κ2) is 10.3. The van der Waals surface area contributed by atoms with Gasteiger partial charge in [-0.2, -0.15) is 0 Å². The number of nitrogens with zero attached hydrogens (tertiary/aromatic N) is 6.